The van der Waals surface area contributed by atoms with Crippen LogP contribution in [0.1, 0.15) is 70.5 Å². The highest BCUT2D eigenvalue weighted by atomic mass is 16.6. The molecule has 33 heavy (non-hydrogen) atoms. The average Bonchev–Trinajstić information content (AvgIpc) is 3.29. The number of ether oxygens (including phenoxy) is 1. The molecule has 0 N–H and O–H groups in total. The van der Waals surface area contributed by atoms with Gasteiger partial charge in [0.05, 0.1) is 5.52 Å². The number of fused-ring (bicyclic) bond motifs is 1. The molecule has 0 bridgehead atoms. The van der Waals surface area contributed by atoms with E-state index in [4.69, 9.17) is 4.74 Å². The van der Waals surface area contributed by atoms with Crippen LogP contribution in [-0.4, -0.2) is 38.6 Å². The van der Waals surface area contributed by atoms with Gasteiger partial charge >= 0.3 is 6.09 Å². The highest BCUT2D eigenvalue weighted by molar-refractivity contribution is 5.74. The molecule has 1 aromatic heterocycles. The molecule has 0 radical (unpaired) electrons. The lowest BCUT2D eigenvalue weighted by molar-refractivity contribution is -0.0236. The number of rotatable bonds is 4. The fourth-order valence-corrected chi connectivity index (χ4v) is 5.83. The summed E-state index contributed by atoms with van der Waals surface area (Å²) in [5.41, 5.74) is 3.06. The summed E-state index contributed by atoms with van der Waals surface area (Å²) in [7, 11) is 0. The van der Waals surface area contributed by atoms with E-state index in [0.717, 1.165) is 49.6 Å². The van der Waals surface area contributed by atoms with Crippen LogP contribution in [0.4, 0.5) is 4.79 Å². The van der Waals surface area contributed by atoms with Crippen molar-refractivity contribution < 1.29 is 9.53 Å². The van der Waals surface area contributed by atoms with Crippen LogP contribution in [0.15, 0.2) is 54.6 Å². The van der Waals surface area contributed by atoms with E-state index < -0.39 is 0 Å². The number of amides is 1. The fourth-order valence-electron chi connectivity index (χ4n) is 5.83. The fraction of sp³-hybridized carbons (Fsp3) is 0.519. The summed E-state index contributed by atoms with van der Waals surface area (Å²) in [5.74, 6) is 0.299. The molecule has 3 aromatic rings. The number of benzene rings is 2. The normalized spacial score (nSPS) is 24.1. The van der Waals surface area contributed by atoms with Crippen LogP contribution in [0.3, 0.4) is 0 Å². The maximum atomic E-state index is 13.6. The molecule has 2 aliphatic rings. The summed E-state index contributed by atoms with van der Waals surface area (Å²) < 4.78 is 8.22. The van der Waals surface area contributed by atoms with Gasteiger partial charge in [-0.25, -0.2) is 9.48 Å². The van der Waals surface area contributed by atoms with Crippen molar-refractivity contribution in [1.82, 2.24) is 19.9 Å². The Hall–Kier alpha value is -2.89. The SMILES string of the molecule is CC(C)(c1ccccc1)[C@@H]1CCCC[C@H]1OC(=O)N1CCCCC1n1nnc2ccccc21. The zero-order valence-electron chi connectivity index (χ0n) is 19.7. The third-order valence-electron chi connectivity index (χ3n) is 7.76. The second-order valence-electron chi connectivity index (χ2n) is 10.1. The van der Waals surface area contributed by atoms with E-state index in [1.165, 1.54) is 12.0 Å². The van der Waals surface area contributed by atoms with E-state index in [0.29, 0.717) is 12.5 Å². The first-order valence-electron chi connectivity index (χ1n) is 12.4. The minimum absolute atomic E-state index is 0.0595. The highest BCUT2D eigenvalue weighted by Crippen LogP contribution is 2.42. The Morgan fingerprint density at radius 2 is 1.67 bits per heavy atom. The maximum absolute atomic E-state index is 13.6. The lowest BCUT2D eigenvalue weighted by Gasteiger charge is -2.43. The van der Waals surface area contributed by atoms with Crippen molar-refractivity contribution in [2.75, 3.05) is 6.54 Å². The Balaban J connectivity index is 1.37. The maximum Gasteiger partial charge on any atom is 0.411 e. The predicted octanol–water partition coefficient (Wildman–Crippen LogP) is 6.09. The Morgan fingerprint density at radius 1 is 0.939 bits per heavy atom. The molecular weight excluding hydrogens is 412 g/mol. The molecule has 1 saturated carbocycles. The van der Waals surface area contributed by atoms with Gasteiger partial charge in [0.25, 0.3) is 0 Å². The molecule has 174 valence electrons. The zero-order valence-corrected chi connectivity index (χ0v) is 19.7. The van der Waals surface area contributed by atoms with E-state index in [-0.39, 0.29) is 23.8 Å². The van der Waals surface area contributed by atoms with E-state index in [1.54, 1.807) is 0 Å². The van der Waals surface area contributed by atoms with Gasteiger partial charge in [0.15, 0.2) is 0 Å². The van der Waals surface area contributed by atoms with Crippen LogP contribution in [0.25, 0.3) is 11.0 Å². The second kappa shape index (κ2) is 9.16. The molecule has 1 amide bonds. The van der Waals surface area contributed by atoms with Crippen molar-refractivity contribution in [2.24, 2.45) is 5.92 Å². The number of para-hydroxylation sites is 1. The van der Waals surface area contributed by atoms with Crippen LogP contribution >= 0.6 is 0 Å². The van der Waals surface area contributed by atoms with Crippen molar-refractivity contribution >= 4 is 17.1 Å². The monoisotopic (exact) mass is 446 g/mol. The number of hydrogen-bond donors (Lipinski definition) is 0. The smallest absolute Gasteiger partial charge is 0.411 e. The van der Waals surface area contributed by atoms with Crippen molar-refractivity contribution in [3.05, 3.63) is 60.2 Å². The van der Waals surface area contributed by atoms with Crippen molar-refractivity contribution in [3.63, 3.8) is 0 Å². The number of nitrogens with zero attached hydrogens (tertiary/aromatic N) is 4. The average molecular weight is 447 g/mol. The number of likely N-dealkylation sites (tertiary alicyclic amines) is 1. The molecule has 2 heterocycles. The summed E-state index contributed by atoms with van der Waals surface area (Å²) in [6, 6.07) is 18.6. The number of aromatic nitrogens is 3. The summed E-state index contributed by atoms with van der Waals surface area (Å²) in [5, 5.41) is 8.72. The third kappa shape index (κ3) is 4.23. The molecule has 5 rings (SSSR count). The van der Waals surface area contributed by atoms with Crippen LogP contribution in [0, 0.1) is 5.92 Å². The minimum Gasteiger partial charge on any atom is -0.446 e. The first-order valence-corrected chi connectivity index (χ1v) is 12.4. The first-order chi connectivity index (χ1) is 16.1. The topological polar surface area (TPSA) is 60.2 Å². The molecule has 0 spiro atoms. The molecule has 6 nitrogen and oxygen atoms in total. The van der Waals surface area contributed by atoms with Gasteiger partial charge in [-0.2, -0.15) is 0 Å². The minimum atomic E-state index is -0.208. The van der Waals surface area contributed by atoms with Gasteiger partial charge in [-0.15, -0.1) is 5.10 Å². The quantitative estimate of drug-likeness (QED) is 0.487. The van der Waals surface area contributed by atoms with Crippen molar-refractivity contribution in [2.45, 2.75) is 76.5 Å². The van der Waals surface area contributed by atoms with Gasteiger partial charge in [0.2, 0.25) is 0 Å². The molecule has 1 unspecified atom stereocenters. The predicted molar refractivity (Wildman–Crippen MR) is 129 cm³/mol. The van der Waals surface area contributed by atoms with E-state index in [2.05, 4.69) is 54.5 Å². The summed E-state index contributed by atoms with van der Waals surface area (Å²) in [4.78, 5) is 15.4. The first kappa shape index (κ1) is 21.9. The summed E-state index contributed by atoms with van der Waals surface area (Å²) >= 11 is 0. The van der Waals surface area contributed by atoms with Crippen molar-refractivity contribution in [3.8, 4) is 0 Å². The standard InChI is InChI=1S/C27H34N4O2/c1-27(2,20-12-4-3-5-13-20)21-14-6-9-17-24(21)33-26(32)30-19-11-10-18-25(30)31-23-16-8-7-15-22(23)28-29-31/h3-5,7-8,12-13,15-16,21,24-25H,6,9-11,14,17-19H2,1-2H3/t21-,24-,25?/m1/s1. The van der Waals surface area contributed by atoms with Crippen LogP contribution in [0.5, 0.6) is 0 Å². The third-order valence-corrected chi connectivity index (χ3v) is 7.76. The highest BCUT2D eigenvalue weighted by Gasteiger charge is 2.42. The number of piperidine rings is 1. The van der Waals surface area contributed by atoms with Gasteiger partial charge < -0.3 is 4.74 Å². The molecule has 3 atom stereocenters. The molecule has 1 aliphatic carbocycles. The summed E-state index contributed by atoms with van der Waals surface area (Å²) in [6.45, 7) is 5.28. The molecule has 2 fully saturated rings. The largest absolute Gasteiger partial charge is 0.446 e. The van der Waals surface area contributed by atoms with Gasteiger partial charge in [0, 0.05) is 12.5 Å². The molecule has 2 aromatic carbocycles. The van der Waals surface area contributed by atoms with Gasteiger partial charge in [0.1, 0.15) is 17.8 Å². The molecule has 6 heteroatoms. The van der Waals surface area contributed by atoms with Crippen LogP contribution in [-0.2, 0) is 10.2 Å². The van der Waals surface area contributed by atoms with Crippen LogP contribution < -0.4 is 0 Å². The molecule has 1 aliphatic heterocycles. The number of hydrogen-bond acceptors (Lipinski definition) is 4. The second-order valence-corrected chi connectivity index (χ2v) is 10.1. The number of carbonyl (C=O) groups excluding carboxylic acids is 1. The van der Waals surface area contributed by atoms with E-state index >= 15 is 0 Å². The lowest BCUT2D eigenvalue weighted by atomic mass is 9.66. The van der Waals surface area contributed by atoms with Crippen molar-refractivity contribution in [1.29, 1.82) is 0 Å². The van der Waals surface area contributed by atoms with E-state index in [1.807, 2.05) is 33.8 Å². The Labute approximate surface area is 195 Å². The Bertz CT molecular complexity index is 1090. The van der Waals surface area contributed by atoms with Gasteiger partial charge in [-0.3, -0.25) is 4.90 Å². The van der Waals surface area contributed by atoms with Crippen LogP contribution in [0.2, 0.25) is 0 Å². The Kier molecular flexibility index (Phi) is 6.09. The zero-order chi connectivity index (χ0) is 22.8. The van der Waals surface area contributed by atoms with Gasteiger partial charge in [-0.1, -0.05) is 67.9 Å². The molecular formula is C27H34N4O2. The van der Waals surface area contributed by atoms with Gasteiger partial charge in [-0.05, 0) is 61.6 Å². The summed E-state index contributed by atoms with van der Waals surface area (Å²) in [6.07, 6.45) is 6.79. The Morgan fingerprint density at radius 3 is 2.52 bits per heavy atom. The number of carbonyl (C=O) groups is 1. The molecule has 1 saturated heterocycles. The van der Waals surface area contributed by atoms with E-state index in [9.17, 15) is 4.79 Å². The lowest BCUT2D eigenvalue weighted by Crippen LogP contribution is -2.47.